The maximum absolute atomic E-state index is 12.9. The van der Waals surface area contributed by atoms with Crippen LogP contribution in [0.5, 0.6) is 0 Å². The van der Waals surface area contributed by atoms with Gasteiger partial charge >= 0.3 is 0 Å². The Morgan fingerprint density at radius 2 is 1.88 bits per heavy atom. The molecule has 1 heterocycles. The molecule has 2 aromatic rings. The van der Waals surface area contributed by atoms with Crippen LogP contribution in [-0.4, -0.2) is 10.8 Å². The summed E-state index contributed by atoms with van der Waals surface area (Å²) in [5.74, 6) is -1.45. The van der Waals surface area contributed by atoms with E-state index in [9.17, 15) is 13.6 Å². The van der Waals surface area contributed by atoms with E-state index in [4.69, 9.17) is 0 Å². The highest BCUT2D eigenvalue weighted by atomic mass is 79.9. The van der Waals surface area contributed by atoms with Gasteiger partial charge in [0.05, 0.1) is 6.20 Å². The van der Waals surface area contributed by atoms with Gasteiger partial charge in [0.25, 0.3) is 0 Å². The first kappa shape index (κ1) is 11.9. The lowest BCUT2D eigenvalue weighted by molar-refractivity contribution is 0.103. The zero-order valence-corrected chi connectivity index (χ0v) is 10.0. The van der Waals surface area contributed by atoms with E-state index in [0.717, 1.165) is 12.3 Å². The van der Waals surface area contributed by atoms with Gasteiger partial charge < -0.3 is 0 Å². The van der Waals surface area contributed by atoms with Gasteiger partial charge in [0.1, 0.15) is 11.6 Å². The van der Waals surface area contributed by atoms with Crippen LogP contribution >= 0.6 is 15.9 Å². The number of hydrogen-bond acceptors (Lipinski definition) is 2. The number of hydrogen-bond donors (Lipinski definition) is 0. The Labute approximate surface area is 104 Å². The third kappa shape index (κ3) is 2.55. The summed E-state index contributed by atoms with van der Waals surface area (Å²) in [5, 5.41) is 0. The van der Waals surface area contributed by atoms with Crippen LogP contribution in [0.15, 0.2) is 41.1 Å². The van der Waals surface area contributed by atoms with Gasteiger partial charge in [-0.25, -0.2) is 8.78 Å². The molecule has 0 N–H and O–H groups in total. The van der Waals surface area contributed by atoms with Crippen LogP contribution in [0.1, 0.15) is 15.9 Å². The zero-order valence-electron chi connectivity index (χ0n) is 8.45. The molecule has 0 spiro atoms. The van der Waals surface area contributed by atoms with Crippen LogP contribution < -0.4 is 0 Å². The van der Waals surface area contributed by atoms with E-state index in [-0.39, 0.29) is 11.1 Å². The Bertz CT molecular complexity index is 586. The highest BCUT2D eigenvalue weighted by Gasteiger charge is 2.14. The molecular formula is C12H6BrF2NO. The number of pyridine rings is 1. The Morgan fingerprint density at radius 3 is 2.53 bits per heavy atom. The summed E-state index contributed by atoms with van der Waals surface area (Å²) in [7, 11) is 0. The summed E-state index contributed by atoms with van der Waals surface area (Å²) in [4.78, 5) is 15.6. The molecule has 0 radical (unpaired) electrons. The van der Waals surface area contributed by atoms with Crippen LogP contribution in [0, 0.1) is 11.6 Å². The molecule has 1 aromatic heterocycles. The number of carbonyl (C=O) groups excluding carboxylic acids is 1. The summed E-state index contributed by atoms with van der Waals surface area (Å²) in [6.45, 7) is 0. The second kappa shape index (κ2) is 4.71. The van der Waals surface area contributed by atoms with Gasteiger partial charge in [-0.3, -0.25) is 9.78 Å². The molecule has 0 saturated carbocycles. The standard InChI is InChI=1S/C12H6BrF2NO/c13-11-4-8(14)1-2-10(11)12(17)7-3-9(15)6-16-5-7/h1-6H. The van der Waals surface area contributed by atoms with Crippen molar-refractivity contribution in [2.24, 2.45) is 0 Å². The molecule has 0 unspecified atom stereocenters. The third-order valence-corrected chi connectivity index (χ3v) is 2.80. The topological polar surface area (TPSA) is 30.0 Å². The summed E-state index contributed by atoms with van der Waals surface area (Å²) >= 11 is 3.09. The minimum absolute atomic E-state index is 0.123. The Kier molecular flexibility index (Phi) is 3.28. The van der Waals surface area contributed by atoms with Crippen molar-refractivity contribution in [3.05, 3.63) is 63.9 Å². The van der Waals surface area contributed by atoms with Crippen molar-refractivity contribution in [1.29, 1.82) is 0 Å². The lowest BCUT2D eigenvalue weighted by Crippen LogP contribution is -2.03. The summed E-state index contributed by atoms with van der Waals surface area (Å²) in [6.07, 6.45) is 2.28. The molecule has 0 saturated heterocycles. The minimum atomic E-state index is -0.589. The molecular weight excluding hydrogens is 292 g/mol. The van der Waals surface area contributed by atoms with Crippen molar-refractivity contribution >= 4 is 21.7 Å². The summed E-state index contributed by atoms with van der Waals surface area (Å²) in [6, 6.07) is 4.78. The van der Waals surface area contributed by atoms with E-state index in [1.807, 2.05) is 0 Å². The monoisotopic (exact) mass is 297 g/mol. The van der Waals surface area contributed by atoms with Gasteiger partial charge in [-0.05, 0) is 40.2 Å². The highest BCUT2D eigenvalue weighted by molar-refractivity contribution is 9.10. The summed E-state index contributed by atoms with van der Waals surface area (Å²) in [5.41, 5.74) is 0.385. The first-order chi connectivity index (χ1) is 8.08. The van der Waals surface area contributed by atoms with E-state index >= 15 is 0 Å². The molecule has 86 valence electrons. The molecule has 17 heavy (non-hydrogen) atoms. The van der Waals surface area contributed by atoms with Crippen molar-refractivity contribution in [3.63, 3.8) is 0 Å². The number of ketones is 1. The number of halogens is 3. The van der Waals surface area contributed by atoms with Crippen LogP contribution in [0.4, 0.5) is 8.78 Å². The van der Waals surface area contributed by atoms with Crippen molar-refractivity contribution < 1.29 is 13.6 Å². The highest BCUT2D eigenvalue weighted by Crippen LogP contribution is 2.21. The normalized spacial score (nSPS) is 10.3. The average Bonchev–Trinajstić information content (AvgIpc) is 2.28. The van der Waals surface area contributed by atoms with Crippen LogP contribution in [0.2, 0.25) is 0 Å². The van der Waals surface area contributed by atoms with Gasteiger partial charge in [0, 0.05) is 21.8 Å². The number of benzene rings is 1. The van der Waals surface area contributed by atoms with Crippen molar-refractivity contribution in [2.45, 2.75) is 0 Å². The maximum atomic E-state index is 12.9. The molecule has 0 aliphatic heterocycles. The van der Waals surface area contributed by atoms with Crippen LogP contribution in [0.25, 0.3) is 0 Å². The molecule has 2 rings (SSSR count). The van der Waals surface area contributed by atoms with E-state index < -0.39 is 17.4 Å². The average molecular weight is 298 g/mol. The molecule has 0 amide bonds. The lowest BCUT2D eigenvalue weighted by atomic mass is 10.1. The second-order valence-electron chi connectivity index (χ2n) is 3.35. The van der Waals surface area contributed by atoms with Crippen molar-refractivity contribution in [2.75, 3.05) is 0 Å². The molecule has 1 aromatic carbocycles. The predicted octanol–water partition coefficient (Wildman–Crippen LogP) is 3.35. The van der Waals surface area contributed by atoms with Gasteiger partial charge in [-0.1, -0.05) is 0 Å². The molecule has 2 nitrogen and oxygen atoms in total. The third-order valence-electron chi connectivity index (χ3n) is 2.14. The largest absolute Gasteiger partial charge is 0.289 e. The van der Waals surface area contributed by atoms with Crippen molar-refractivity contribution in [3.8, 4) is 0 Å². The molecule has 0 bridgehead atoms. The van der Waals surface area contributed by atoms with E-state index in [1.165, 1.54) is 24.4 Å². The number of nitrogens with zero attached hydrogens (tertiary/aromatic N) is 1. The first-order valence-electron chi connectivity index (χ1n) is 4.68. The van der Waals surface area contributed by atoms with Crippen LogP contribution in [0.3, 0.4) is 0 Å². The van der Waals surface area contributed by atoms with Gasteiger partial charge in [0.2, 0.25) is 0 Å². The molecule has 0 aliphatic carbocycles. The minimum Gasteiger partial charge on any atom is -0.289 e. The predicted molar refractivity (Wildman–Crippen MR) is 61.7 cm³/mol. The van der Waals surface area contributed by atoms with Gasteiger partial charge in [-0.15, -0.1) is 0 Å². The molecule has 0 aliphatic rings. The smallest absolute Gasteiger partial charge is 0.195 e. The number of aromatic nitrogens is 1. The fourth-order valence-corrected chi connectivity index (χ4v) is 1.90. The SMILES string of the molecule is O=C(c1cncc(F)c1)c1ccc(F)cc1Br. The number of carbonyl (C=O) groups is 1. The second-order valence-corrected chi connectivity index (χ2v) is 4.20. The fourth-order valence-electron chi connectivity index (χ4n) is 1.37. The molecule has 5 heteroatoms. The Morgan fingerprint density at radius 1 is 1.12 bits per heavy atom. The van der Waals surface area contributed by atoms with E-state index in [2.05, 4.69) is 20.9 Å². The maximum Gasteiger partial charge on any atom is 0.195 e. The quantitative estimate of drug-likeness (QED) is 0.796. The Balaban J connectivity index is 2.44. The van der Waals surface area contributed by atoms with Crippen molar-refractivity contribution in [1.82, 2.24) is 4.98 Å². The summed E-state index contributed by atoms with van der Waals surface area (Å²) < 4.78 is 26.1. The van der Waals surface area contributed by atoms with Gasteiger partial charge in [0.15, 0.2) is 5.78 Å². The van der Waals surface area contributed by atoms with Crippen LogP contribution in [-0.2, 0) is 0 Å². The first-order valence-corrected chi connectivity index (χ1v) is 5.47. The lowest BCUT2D eigenvalue weighted by Gasteiger charge is -2.03. The Hall–Kier alpha value is -1.62. The van der Waals surface area contributed by atoms with E-state index in [0.29, 0.717) is 4.47 Å². The fraction of sp³-hybridized carbons (Fsp3) is 0. The number of rotatable bonds is 2. The molecule has 0 fully saturated rings. The zero-order chi connectivity index (χ0) is 12.4. The van der Waals surface area contributed by atoms with E-state index in [1.54, 1.807) is 0 Å². The molecule has 0 atom stereocenters. The van der Waals surface area contributed by atoms with Gasteiger partial charge in [-0.2, -0.15) is 0 Å².